The number of hydrogen-bond acceptors (Lipinski definition) is 3. The van der Waals surface area contributed by atoms with Crippen LogP contribution in [0.15, 0.2) is 41.2 Å². The SMILES string of the molecule is O=C(Cc1ccccc1F)NCCn1nc(C2CC2)ccc1=O. The maximum absolute atomic E-state index is 13.5. The van der Waals surface area contributed by atoms with Crippen LogP contribution >= 0.6 is 0 Å². The van der Waals surface area contributed by atoms with E-state index in [1.165, 1.54) is 16.8 Å². The molecule has 0 unspecified atom stereocenters. The lowest BCUT2D eigenvalue weighted by atomic mass is 10.1. The zero-order chi connectivity index (χ0) is 16.2. The van der Waals surface area contributed by atoms with Crippen molar-refractivity contribution in [1.29, 1.82) is 0 Å². The lowest BCUT2D eigenvalue weighted by Crippen LogP contribution is -2.33. The Morgan fingerprint density at radius 3 is 2.78 bits per heavy atom. The van der Waals surface area contributed by atoms with Gasteiger partial charge in [-0.1, -0.05) is 18.2 Å². The molecular weight excluding hydrogens is 297 g/mol. The summed E-state index contributed by atoms with van der Waals surface area (Å²) in [6.07, 6.45) is 2.21. The molecule has 0 bridgehead atoms. The maximum Gasteiger partial charge on any atom is 0.266 e. The second-order valence-corrected chi connectivity index (χ2v) is 5.71. The molecule has 1 saturated carbocycles. The Labute approximate surface area is 133 Å². The molecule has 120 valence electrons. The number of benzene rings is 1. The highest BCUT2D eigenvalue weighted by Crippen LogP contribution is 2.38. The van der Waals surface area contributed by atoms with E-state index in [9.17, 15) is 14.0 Å². The Morgan fingerprint density at radius 1 is 1.26 bits per heavy atom. The molecule has 6 heteroatoms. The van der Waals surface area contributed by atoms with E-state index in [1.54, 1.807) is 24.3 Å². The molecule has 2 aromatic rings. The second kappa shape index (κ2) is 6.73. The topological polar surface area (TPSA) is 64.0 Å². The van der Waals surface area contributed by atoms with Crippen molar-refractivity contribution >= 4 is 5.91 Å². The highest BCUT2D eigenvalue weighted by Gasteiger charge is 2.25. The molecule has 1 aromatic heterocycles. The number of halogens is 1. The molecule has 0 radical (unpaired) electrons. The molecule has 1 aliphatic carbocycles. The van der Waals surface area contributed by atoms with Gasteiger partial charge in [0.2, 0.25) is 5.91 Å². The highest BCUT2D eigenvalue weighted by molar-refractivity contribution is 5.78. The number of nitrogens with zero attached hydrogens (tertiary/aromatic N) is 2. The van der Waals surface area contributed by atoms with Crippen molar-refractivity contribution in [3.63, 3.8) is 0 Å². The molecule has 1 fully saturated rings. The standard InChI is InChI=1S/C17H18FN3O2/c18-14-4-2-1-3-13(14)11-16(22)19-9-10-21-17(23)8-7-15(20-21)12-5-6-12/h1-4,7-8,12H,5-6,9-11H2,(H,19,22). The van der Waals surface area contributed by atoms with Gasteiger partial charge in [-0.05, 0) is 30.5 Å². The number of nitrogens with one attached hydrogen (secondary N) is 1. The fourth-order valence-corrected chi connectivity index (χ4v) is 2.40. The van der Waals surface area contributed by atoms with Crippen molar-refractivity contribution in [3.8, 4) is 0 Å². The summed E-state index contributed by atoms with van der Waals surface area (Å²) in [5.41, 5.74) is 1.11. The van der Waals surface area contributed by atoms with Gasteiger partial charge in [0.1, 0.15) is 5.82 Å². The van der Waals surface area contributed by atoms with Gasteiger partial charge in [-0.2, -0.15) is 5.10 Å². The fraction of sp³-hybridized carbons (Fsp3) is 0.353. The lowest BCUT2D eigenvalue weighted by molar-refractivity contribution is -0.120. The van der Waals surface area contributed by atoms with Gasteiger partial charge in [-0.25, -0.2) is 9.07 Å². The van der Waals surface area contributed by atoms with E-state index < -0.39 is 5.82 Å². The van der Waals surface area contributed by atoms with Crippen LogP contribution in [0.5, 0.6) is 0 Å². The normalized spacial score (nSPS) is 13.8. The lowest BCUT2D eigenvalue weighted by Gasteiger charge is -2.08. The predicted molar refractivity (Wildman–Crippen MR) is 83.6 cm³/mol. The van der Waals surface area contributed by atoms with Crippen LogP contribution in [0, 0.1) is 5.82 Å². The van der Waals surface area contributed by atoms with E-state index >= 15 is 0 Å². The molecule has 5 nitrogen and oxygen atoms in total. The Hall–Kier alpha value is -2.50. The summed E-state index contributed by atoms with van der Waals surface area (Å²) in [4.78, 5) is 23.6. The summed E-state index contributed by atoms with van der Waals surface area (Å²) < 4.78 is 14.9. The first-order valence-electron chi connectivity index (χ1n) is 7.71. The summed E-state index contributed by atoms with van der Waals surface area (Å²) in [5, 5.41) is 7.02. The van der Waals surface area contributed by atoms with Crippen LogP contribution in [0.25, 0.3) is 0 Å². The van der Waals surface area contributed by atoms with Gasteiger partial charge in [-0.15, -0.1) is 0 Å². The molecule has 1 amide bonds. The highest BCUT2D eigenvalue weighted by atomic mass is 19.1. The maximum atomic E-state index is 13.5. The van der Waals surface area contributed by atoms with E-state index in [4.69, 9.17) is 0 Å². The Balaban J connectivity index is 1.53. The van der Waals surface area contributed by atoms with Gasteiger partial charge in [0.05, 0.1) is 18.7 Å². The molecule has 0 saturated heterocycles. The van der Waals surface area contributed by atoms with E-state index in [-0.39, 0.29) is 24.4 Å². The van der Waals surface area contributed by atoms with Crippen LogP contribution in [0.3, 0.4) is 0 Å². The minimum absolute atomic E-state index is 0.0168. The number of carbonyl (C=O) groups is 1. The number of rotatable bonds is 6. The minimum Gasteiger partial charge on any atom is -0.354 e. The number of aromatic nitrogens is 2. The summed E-state index contributed by atoms with van der Waals surface area (Å²) >= 11 is 0. The van der Waals surface area contributed by atoms with Crippen molar-refractivity contribution in [2.75, 3.05) is 6.54 Å². The van der Waals surface area contributed by atoms with Crippen LogP contribution in [0.2, 0.25) is 0 Å². The first-order valence-corrected chi connectivity index (χ1v) is 7.71. The van der Waals surface area contributed by atoms with Crippen LogP contribution in [0.1, 0.15) is 30.0 Å². The van der Waals surface area contributed by atoms with Crippen LogP contribution < -0.4 is 10.9 Å². The molecule has 0 spiro atoms. The van der Waals surface area contributed by atoms with Crippen LogP contribution in [-0.4, -0.2) is 22.2 Å². The number of amides is 1. The van der Waals surface area contributed by atoms with Crippen LogP contribution in [0.4, 0.5) is 4.39 Å². The monoisotopic (exact) mass is 315 g/mol. The van der Waals surface area contributed by atoms with Gasteiger partial charge >= 0.3 is 0 Å². The first kappa shape index (κ1) is 15.4. The molecular formula is C17H18FN3O2. The fourth-order valence-electron chi connectivity index (χ4n) is 2.40. The summed E-state index contributed by atoms with van der Waals surface area (Å²) in [5.74, 6) is -0.198. The zero-order valence-corrected chi connectivity index (χ0v) is 12.7. The third-order valence-electron chi connectivity index (χ3n) is 3.84. The average Bonchev–Trinajstić information content (AvgIpc) is 3.36. The van der Waals surface area contributed by atoms with Gasteiger partial charge in [0.15, 0.2) is 0 Å². The smallest absolute Gasteiger partial charge is 0.266 e. The molecule has 0 atom stereocenters. The summed E-state index contributed by atoms with van der Waals surface area (Å²) in [6, 6.07) is 9.48. The van der Waals surface area contributed by atoms with Crippen molar-refractivity contribution < 1.29 is 9.18 Å². The third kappa shape index (κ3) is 4.03. The number of hydrogen-bond donors (Lipinski definition) is 1. The molecule has 1 heterocycles. The molecule has 1 N–H and O–H groups in total. The zero-order valence-electron chi connectivity index (χ0n) is 12.7. The van der Waals surface area contributed by atoms with E-state index in [0.717, 1.165) is 18.5 Å². The van der Waals surface area contributed by atoms with Crippen molar-refractivity contribution in [2.24, 2.45) is 0 Å². The van der Waals surface area contributed by atoms with Gasteiger partial charge in [0, 0.05) is 18.5 Å². The van der Waals surface area contributed by atoms with Crippen molar-refractivity contribution in [3.05, 3.63) is 63.8 Å². The summed E-state index contributed by atoms with van der Waals surface area (Å²) in [6.45, 7) is 0.594. The minimum atomic E-state index is -0.391. The van der Waals surface area contributed by atoms with Crippen molar-refractivity contribution in [2.45, 2.75) is 31.7 Å². The molecule has 23 heavy (non-hydrogen) atoms. The second-order valence-electron chi connectivity index (χ2n) is 5.71. The number of carbonyl (C=O) groups excluding carboxylic acids is 1. The predicted octanol–water partition coefficient (Wildman–Crippen LogP) is 1.62. The molecule has 0 aliphatic heterocycles. The van der Waals surface area contributed by atoms with Gasteiger partial charge in [-0.3, -0.25) is 9.59 Å². The first-order chi connectivity index (χ1) is 11.1. The largest absolute Gasteiger partial charge is 0.354 e. The summed E-state index contributed by atoms with van der Waals surface area (Å²) in [7, 11) is 0. The van der Waals surface area contributed by atoms with Gasteiger partial charge in [0.25, 0.3) is 5.56 Å². The molecule has 1 aromatic carbocycles. The van der Waals surface area contributed by atoms with Crippen LogP contribution in [-0.2, 0) is 17.8 Å². The van der Waals surface area contributed by atoms with E-state index in [2.05, 4.69) is 10.4 Å². The van der Waals surface area contributed by atoms with E-state index in [1.807, 2.05) is 0 Å². The molecule has 3 rings (SSSR count). The van der Waals surface area contributed by atoms with Crippen molar-refractivity contribution in [1.82, 2.24) is 15.1 Å². The molecule has 1 aliphatic rings. The Morgan fingerprint density at radius 2 is 2.04 bits per heavy atom. The average molecular weight is 315 g/mol. The van der Waals surface area contributed by atoms with Gasteiger partial charge < -0.3 is 5.32 Å². The Bertz CT molecular complexity index is 768. The third-order valence-corrected chi connectivity index (χ3v) is 3.84. The quantitative estimate of drug-likeness (QED) is 0.881. The Kier molecular flexibility index (Phi) is 4.50. The van der Waals surface area contributed by atoms with E-state index in [0.29, 0.717) is 18.0 Å².